The highest BCUT2D eigenvalue weighted by molar-refractivity contribution is 4.90. The van der Waals surface area contributed by atoms with Crippen LogP contribution in [0.15, 0.2) is 0 Å². The third-order valence-corrected chi connectivity index (χ3v) is 5.56. The van der Waals surface area contributed by atoms with Crippen molar-refractivity contribution in [3.63, 3.8) is 0 Å². The molecule has 0 aromatic heterocycles. The van der Waals surface area contributed by atoms with Gasteiger partial charge in [-0.25, -0.2) is 0 Å². The van der Waals surface area contributed by atoms with Crippen molar-refractivity contribution in [3.05, 3.63) is 0 Å². The first kappa shape index (κ1) is 14.4. The molecule has 2 saturated carbocycles. The Morgan fingerprint density at radius 1 is 1.06 bits per heavy atom. The lowest BCUT2D eigenvalue weighted by Gasteiger charge is -2.43. The Kier molecular flexibility index (Phi) is 4.75. The first-order valence-corrected chi connectivity index (χ1v) is 8.28. The Balaban J connectivity index is 1.88. The Hall–Kier alpha value is -0.0400. The van der Waals surface area contributed by atoms with Crippen LogP contribution >= 0.6 is 0 Å². The summed E-state index contributed by atoms with van der Waals surface area (Å²) in [5.41, 5.74) is 0.578. The molecule has 18 heavy (non-hydrogen) atoms. The van der Waals surface area contributed by atoms with Gasteiger partial charge in [-0.1, -0.05) is 47.0 Å². The third kappa shape index (κ3) is 3.50. The predicted molar refractivity (Wildman–Crippen MR) is 79.8 cm³/mol. The van der Waals surface area contributed by atoms with E-state index in [0.29, 0.717) is 5.41 Å². The lowest BCUT2D eigenvalue weighted by Crippen LogP contribution is -2.49. The maximum atomic E-state index is 4.05. The van der Waals surface area contributed by atoms with Gasteiger partial charge in [0.1, 0.15) is 0 Å². The van der Waals surface area contributed by atoms with Gasteiger partial charge in [-0.3, -0.25) is 0 Å². The van der Waals surface area contributed by atoms with Gasteiger partial charge in [0.2, 0.25) is 0 Å². The summed E-state index contributed by atoms with van der Waals surface area (Å²) < 4.78 is 0. The van der Waals surface area contributed by atoms with Gasteiger partial charge < -0.3 is 5.32 Å². The minimum Gasteiger partial charge on any atom is -0.311 e. The third-order valence-electron chi connectivity index (χ3n) is 5.56. The summed E-state index contributed by atoms with van der Waals surface area (Å²) in [6.07, 6.45) is 11.3. The van der Waals surface area contributed by atoms with Crippen molar-refractivity contribution in [1.29, 1.82) is 0 Å². The molecule has 4 atom stereocenters. The molecule has 2 aliphatic rings. The zero-order chi connectivity index (χ0) is 13.2. The highest BCUT2D eigenvalue weighted by Gasteiger charge is 2.34. The van der Waals surface area contributed by atoms with Crippen LogP contribution in [0.25, 0.3) is 0 Å². The molecule has 0 aromatic carbocycles. The fourth-order valence-corrected chi connectivity index (χ4v) is 4.38. The Morgan fingerprint density at radius 2 is 1.78 bits per heavy atom. The molecular weight excluding hydrogens is 218 g/mol. The Morgan fingerprint density at radius 3 is 2.44 bits per heavy atom. The molecule has 2 aliphatic carbocycles. The molecule has 0 bridgehead atoms. The van der Waals surface area contributed by atoms with Crippen molar-refractivity contribution < 1.29 is 0 Å². The average Bonchev–Trinajstić information content (AvgIpc) is 2.33. The second kappa shape index (κ2) is 5.94. The second-order valence-corrected chi connectivity index (χ2v) is 7.72. The molecular formula is C17H33N. The molecule has 106 valence electrons. The normalized spacial score (nSPS) is 40.7. The molecule has 4 unspecified atom stereocenters. The van der Waals surface area contributed by atoms with Crippen molar-refractivity contribution in [2.45, 2.75) is 91.1 Å². The van der Waals surface area contributed by atoms with Crippen LogP contribution in [-0.4, -0.2) is 12.1 Å². The van der Waals surface area contributed by atoms with E-state index in [1.54, 1.807) is 0 Å². The predicted octanol–water partition coefficient (Wildman–Crippen LogP) is 4.76. The molecule has 0 radical (unpaired) electrons. The highest BCUT2D eigenvalue weighted by atomic mass is 15.0. The van der Waals surface area contributed by atoms with E-state index in [4.69, 9.17) is 0 Å². The monoisotopic (exact) mass is 251 g/mol. The van der Waals surface area contributed by atoms with Crippen molar-refractivity contribution in [1.82, 2.24) is 5.32 Å². The second-order valence-electron chi connectivity index (χ2n) is 7.72. The molecule has 0 saturated heterocycles. The average molecular weight is 251 g/mol. The molecule has 0 heterocycles. The van der Waals surface area contributed by atoms with Crippen LogP contribution in [-0.2, 0) is 0 Å². The van der Waals surface area contributed by atoms with E-state index in [1.807, 2.05) is 0 Å². The van der Waals surface area contributed by atoms with E-state index >= 15 is 0 Å². The largest absolute Gasteiger partial charge is 0.311 e. The molecule has 2 fully saturated rings. The fourth-order valence-electron chi connectivity index (χ4n) is 4.38. The van der Waals surface area contributed by atoms with Crippen LogP contribution in [0.5, 0.6) is 0 Å². The van der Waals surface area contributed by atoms with Crippen LogP contribution in [0.4, 0.5) is 0 Å². The molecule has 1 N–H and O–H groups in total. The zero-order valence-electron chi connectivity index (χ0n) is 13.0. The summed E-state index contributed by atoms with van der Waals surface area (Å²) in [6, 6.07) is 1.60. The lowest BCUT2D eigenvalue weighted by molar-refractivity contribution is 0.122. The topological polar surface area (TPSA) is 12.0 Å². The van der Waals surface area contributed by atoms with Gasteiger partial charge in [-0.2, -0.15) is 0 Å². The van der Waals surface area contributed by atoms with E-state index in [9.17, 15) is 0 Å². The molecule has 0 spiro atoms. The zero-order valence-corrected chi connectivity index (χ0v) is 13.0. The molecule has 0 amide bonds. The van der Waals surface area contributed by atoms with Crippen molar-refractivity contribution >= 4 is 0 Å². The van der Waals surface area contributed by atoms with Gasteiger partial charge in [0, 0.05) is 12.1 Å². The van der Waals surface area contributed by atoms with E-state index in [0.717, 1.165) is 23.9 Å². The van der Waals surface area contributed by atoms with Gasteiger partial charge >= 0.3 is 0 Å². The molecule has 1 nitrogen and oxygen atoms in total. The van der Waals surface area contributed by atoms with E-state index in [2.05, 4.69) is 33.0 Å². The minimum absolute atomic E-state index is 0.578. The van der Waals surface area contributed by atoms with Crippen LogP contribution in [0.1, 0.15) is 79.1 Å². The van der Waals surface area contributed by atoms with E-state index in [1.165, 1.54) is 51.4 Å². The number of nitrogens with one attached hydrogen (secondary N) is 1. The van der Waals surface area contributed by atoms with Gasteiger partial charge in [-0.15, -0.1) is 0 Å². The molecule has 2 rings (SSSR count). The maximum absolute atomic E-state index is 4.05. The van der Waals surface area contributed by atoms with Crippen LogP contribution < -0.4 is 5.32 Å². The van der Waals surface area contributed by atoms with Crippen molar-refractivity contribution in [3.8, 4) is 0 Å². The molecule has 1 heteroatoms. The highest BCUT2D eigenvalue weighted by Crippen LogP contribution is 2.39. The minimum atomic E-state index is 0.578. The summed E-state index contributed by atoms with van der Waals surface area (Å²) >= 11 is 0. The maximum Gasteiger partial charge on any atom is 0.00979 e. The first-order chi connectivity index (χ1) is 8.52. The Labute approximate surface area is 114 Å². The van der Waals surface area contributed by atoms with Crippen LogP contribution in [0, 0.1) is 17.3 Å². The number of hydrogen-bond donors (Lipinski definition) is 1. The summed E-state index contributed by atoms with van der Waals surface area (Å²) in [5, 5.41) is 4.05. The fraction of sp³-hybridized carbons (Fsp3) is 1.00. The molecule has 0 aromatic rings. The summed E-state index contributed by atoms with van der Waals surface area (Å²) in [4.78, 5) is 0. The van der Waals surface area contributed by atoms with Gasteiger partial charge in [0.05, 0.1) is 0 Å². The van der Waals surface area contributed by atoms with Gasteiger partial charge in [0.25, 0.3) is 0 Å². The standard InChI is InChI=1S/C17H33N/c1-5-14-8-6-7-9-16(14)18-15-10-11-17(3,4)12-13(15)2/h13-16,18H,5-12H2,1-4H3. The summed E-state index contributed by atoms with van der Waals surface area (Å²) in [6.45, 7) is 9.71. The lowest BCUT2D eigenvalue weighted by atomic mass is 9.70. The van der Waals surface area contributed by atoms with Crippen LogP contribution in [0.3, 0.4) is 0 Å². The Bertz CT molecular complexity index is 258. The van der Waals surface area contributed by atoms with E-state index < -0.39 is 0 Å². The first-order valence-electron chi connectivity index (χ1n) is 8.28. The van der Waals surface area contributed by atoms with Gasteiger partial charge in [0.15, 0.2) is 0 Å². The quantitative estimate of drug-likeness (QED) is 0.762. The number of rotatable bonds is 3. The number of hydrogen-bond acceptors (Lipinski definition) is 1. The summed E-state index contributed by atoms with van der Waals surface area (Å²) in [5.74, 6) is 1.80. The summed E-state index contributed by atoms with van der Waals surface area (Å²) in [7, 11) is 0. The van der Waals surface area contributed by atoms with Gasteiger partial charge in [-0.05, 0) is 49.4 Å². The smallest absolute Gasteiger partial charge is 0.00979 e. The van der Waals surface area contributed by atoms with E-state index in [-0.39, 0.29) is 0 Å². The molecule has 0 aliphatic heterocycles. The van der Waals surface area contributed by atoms with Crippen molar-refractivity contribution in [2.24, 2.45) is 17.3 Å². The van der Waals surface area contributed by atoms with Crippen molar-refractivity contribution in [2.75, 3.05) is 0 Å². The SMILES string of the molecule is CCC1CCCCC1NC1CCC(C)(C)CC1C. The van der Waals surface area contributed by atoms with Crippen LogP contribution in [0.2, 0.25) is 0 Å².